The molecule has 0 spiro atoms. The number of carbonyl (C=O) groups is 2. The van der Waals surface area contributed by atoms with Crippen LogP contribution in [0.3, 0.4) is 0 Å². The maximum Gasteiger partial charge on any atom is 0.272 e. The van der Waals surface area contributed by atoms with E-state index < -0.39 is 0 Å². The minimum absolute atomic E-state index is 0.328. The normalized spacial score (nSPS) is 14.7. The van der Waals surface area contributed by atoms with Gasteiger partial charge >= 0.3 is 0 Å². The Balaban J connectivity index is 2.07. The van der Waals surface area contributed by atoms with E-state index in [1.165, 1.54) is 40.9 Å². The van der Waals surface area contributed by atoms with E-state index in [4.69, 9.17) is 0 Å². The van der Waals surface area contributed by atoms with Crippen LogP contribution in [-0.4, -0.2) is 17.6 Å². The molecule has 0 aromatic heterocycles. The van der Waals surface area contributed by atoms with Gasteiger partial charge in [-0.2, -0.15) is 0 Å². The third kappa shape index (κ3) is 3.03. The van der Waals surface area contributed by atoms with Gasteiger partial charge in [-0.1, -0.05) is 35.0 Å². The predicted octanol–water partition coefficient (Wildman–Crippen LogP) is 4.63. The van der Waals surface area contributed by atoms with Gasteiger partial charge in [-0.25, -0.2) is 9.29 Å². The van der Waals surface area contributed by atoms with Crippen molar-refractivity contribution in [2.75, 3.05) is 10.7 Å². The number of halogens is 2. The summed E-state index contributed by atoms with van der Waals surface area (Å²) in [6.45, 7) is 1.92. The second-order valence-corrected chi connectivity index (χ2v) is 7.26. The van der Waals surface area contributed by atoms with Gasteiger partial charge in [0.25, 0.3) is 11.8 Å². The van der Waals surface area contributed by atoms with Gasteiger partial charge in [0, 0.05) is 4.47 Å². The molecule has 3 nitrogen and oxygen atoms in total. The molecule has 0 aliphatic carbocycles. The van der Waals surface area contributed by atoms with Crippen LogP contribution in [0.25, 0.3) is 5.57 Å². The average Bonchev–Trinajstić information content (AvgIpc) is 2.81. The first-order valence-electron chi connectivity index (χ1n) is 7.30. The number of amides is 2. The lowest BCUT2D eigenvalue weighted by molar-refractivity contribution is -0.119. The number of imide groups is 1. The summed E-state index contributed by atoms with van der Waals surface area (Å²) in [5.74, 6) is -0.447. The lowest BCUT2D eigenvalue weighted by Gasteiger charge is -2.15. The van der Waals surface area contributed by atoms with E-state index in [1.54, 1.807) is 24.3 Å². The van der Waals surface area contributed by atoms with Crippen molar-refractivity contribution in [3.8, 4) is 0 Å². The Labute approximate surface area is 151 Å². The molecule has 3 rings (SSSR count). The first-order valence-corrected chi connectivity index (χ1v) is 9.08. The molecule has 2 amide bonds. The Morgan fingerprint density at radius 1 is 1.00 bits per heavy atom. The first kappa shape index (κ1) is 16.9. The smallest absolute Gasteiger partial charge is 0.268 e. The summed E-state index contributed by atoms with van der Waals surface area (Å²) in [7, 11) is 0. The summed E-state index contributed by atoms with van der Waals surface area (Å²) >= 11 is 4.66. The maximum atomic E-state index is 13.2. The number of rotatable bonds is 4. The molecule has 0 saturated carbocycles. The highest BCUT2D eigenvalue weighted by molar-refractivity contribution is 9.10. The fourth-order valence-corrected chi connectivity index (χ4v) is 3.60. The summed E-state index contributed by atoms with van der Waals surface area (Å²) in [4.78, 5) is 27.3. The highest BCUT2D eigenvalue weighted by atomic mass is 79.9. The van der Waals surface area contributed by atoms with Gasteiger partial charge in [0.2, 0.25) is 0 Å². The van der Waals surface area contributed by atoms with Crippen LogP contribution < -0.4 is 4.90 Å². The number of hydrogen-bond donors (Lipinski definition) is 0. The van der Waals surface area contributed by atoms with Crippen molar-refractivity contribution in [3.63, 3.8) is 0 Å². The number of thioether (sulfide) groups is 1. The van der Waals surface area contributed by atoms with Crippen molar-refractivity contribution in [1.82, 2.24) is 0 Å². The van der Waals surface area contributed by atoms with Crippen molar-refractivity contribution < 1.29 is 14.0 Å². The minimum Gasteiger partial charge on any atom is -0.268 e. The van der Waals surface area contributed by atoms with E-state index >= 15 is 0 Å². The largest absolute Gasteiger partial charge is 0.272 e. The molecule has 6 heteroatoms. The highest BCUT2D eigenvalue weighted by Gasteiger charge is 2.39. The van der Waals surface area contributed by atoms with Crippen LogP contribution in [0.2, 0.25) is 0 Å². The Hall–Kier alpha value is -1.92. The molecule has 0 atom stereocenters. The average molecular weight is 406 g/mol. The van der Waals surface area contributed by atoms with Gasteiger partial charge in [-0.3, -0.25) is 9.59 Å². The van der Waals surface area contributed by atoms with Crippen LogP contribution >= 0.6 is 27.7 Å². The van der Waals surface area contributed by atoms with E-state index in [1.807, 2.05) is 6.92 Å². The molecule has 0 bridgehead atoms. The topological polar surface area (TPSA) is 37.4 Å². The molecule has 24 heavy (non-hydrogen) atoms. The summed E-state index contributed by atoms with van der Waals surface area (Å²) < 4.78 is 14.0. The van der Waals surface area contributed by atoms with E-state index in [-0.39, 0.29) is 17.6 Å². The molecule has 1 aliphatic rings. The maximum absolute atomic E-state index is 13.2. The van der Waals surface area contributed by atoms with Crippen molar-refractivity contribution in [3.05, 3.63) is 69.3 Å². The number of nitrogens with zero attached hydrogens (tertiary/aromatic N) is 1. The van der Waals surface area contributed by atoms with Crippen LogP contribution in [0.5, 0.6) is 0 Å². The molecule has 122 valence electrons. The first-order chi connectivity index (χ1) is 11.5. The van der Waals surface area contributed by atoms with E-state index in [0.29, 0.717) is 27.5 Å². The SMILES string of the molecule is CCSC1=C(c2ccc(F)cc2)C(=O)N(c2ccc(Br)cc2)C1=O. The highest BCUT2D eigenvalue weighted by Crippen LogP contribution is 2.38. The predicted molar refractivity (Wildman–Crippen MR) is 98.1 cm³/mol. The number of anilines is 1. The third-order valence-corrected chi connectivity index (χ3v) is 5.03. The number of carbonyl (C=O) groups excluding carboxylic acids is 2. The van der Waals surface area contributed by atoms with Gasteiger partial charge in [-0.05, 0) is 47.7 Å². The molecule has 0 saturated heterocycles. The standard InChI is InChI=1S/C18H13BrFNO2S/c1-2-24-16-15(11-3-7-13(20)8-4-11)17(22)21(18(16)23)14-9-5-12(19)6-10-14/h3-10H,2H2,1H3. The summed E-state index contributed by atoms with van der Waals surface area (Å²) in [6, 6.07) is 12.6. The molecule has 0 unspecified atom stereocenters. The minimum atomic E-state index is -0.384. The van der Waals surface area contributed by atoms with E-state index in [9.17, 15) is 14.0 Å². The summed E-state index contributed by atoms with van der Waals surface area (Å²) in [5, 5.41) is 0. The Bertz CT molecular complexity index is 831. The van der Waals surface area contributed by atoms with Gasteiger partial charge < -0.3 is 0 Å². The van der Waals surface area contributed by atoms with Gasteiger partial charge in [-0.15, -0.1) is 11.8 Å². The van der Waals surface area contributed by atoms with Crippen molar-refractivity contribution in [2.24, 2.45) is 0 Å². The second-order valence-electron chi connectivity index (χ2n) is 5.07. The molecule has 2 aromatic rings. The Morgan fingerprint density at radius 2 is 1.62 bits per heavy atom. The fourth-order valence-electron chi connectivity index (χ4n) is 2.48. The lowest BCUT2D eigenvalue weighted by Crippen LogP contribution is -2.31. The third-order valence-electron chi connectivity index (χ3n) is 3.55. The van der Waals surface area contributed by atoms with Crippen LogP contribution in [0, 0.1) is 5.82 Å². The van der Waals surface area contributed by atoms with E-state index in [0.717, 1.165) is 4.47 Å². The zero-order valence-electron chi connectivity index (χ0n) is 12.8. The molecule has 0 radical (unpaired) electrons. The van der Waals surface area contributed by atoms with Crippen molar-refractivity contribution in [2.45, 2.75) is 6.92 Å². The quantitative estimate of drug-likeness (QED) is 0.696. The zero-order valence-corrected chi connectivity index (χ0v) is 15.2. The van der Waals surface area contributed by atoms with Gasteiger partial charge in [0.15, 0.2) is 0 Å². The van der Waals surface area contributed by atoms with Crippen molar-refractivity contribution in [1.29, 1.82) is 0 Å². The lowest BCUT2D eigenvalue weighted by atomic mass is 10.1. The fraction of sp³-hybridized carbons (Fsp3) is 0.111. The zero-order chi connectivity index (χ0) is 17.3. The van der Waals surface area contributed by atoms with Gasteiger partial charge in [0.05, 0.1) is 16.2 Å². The van der Waals surface area contributed by atoms with Crippen LogP contribution in [0.4, 0.5) is 10.1 Å². The van der Waals surface area contributed by atoms with Crippen LogP contribution in [0.1, 0.15) is 12.5 Å². The molecule has 1 heterocycles. The monoisotopic (exact) mass is 405 g/mol. The number of benzene rings is 2. The van der Waals surface area contributed by atoms with Crippen LogP contribution in [0.15, 0.2) is 57.9 Å². The van der Waals surface area contributed by atoms with Gasteiger partial charge in [0.1, 0.15) is 5.82 Å². The molecule has 1 aliphatic heterocycles. The summed E-state index contributed by atoms with van der Waals surface area (Å²) in [5.41, 5.74) is 1.39. The molecular formula is C18H13BrFNO2S. The molecule has 0 N–H and O–H groups in total. The van der Waals surface area contributed by atoms with E-state index in [2.05, 4.69) is 15.9 Å². The Kier molecular flexibility index (Phi) is 4.87. The number of hydrogen-bond acceptors (Lipinski definition) is 3. The molecular weight excluding hydrogens is 393 g/mol. The van der Waals surface area contributed by atoms with Crippen molar-refractivity contribution >= 4 is 50.8 Å². The second kappa shape index (κ2) is 6.91. The molecule has 0 fully saturated rings. The summed E-state index contributed by atoms with van der Waals surface area (Å²) in [6.07, 6.45) is 0. The Morgan fingerprint density at radius 3 is 2.21 bits per heavy atom. The van der Waals surface area contributed by atoms with Crippen LogP contribution in [-0.2, 0) is 9.59 Å². The molecule has 2 aromatic carbocycles.